The van der Waals surface area contributed by atoms with E-state index in [9.17, 15) is 4.79 Å². The average Bonchev–Trinajstić information content (AvgIpc) is 2.56. The number of aliphatic carboxylic acids is 1. The number of unbranched alkanes of at least 4 members (excludes halogenated alkanes) is 2. The molecule has 1 saturated heterocycles. The van der Waals surface area contributed by atoms with E-state index in [0.717, 1.165) is 38.7 Å². The van der Waals surface area contributed by atoms with Crippen LogP contribution in [0.3, 0.4) is 0 Å². The highest BCUT2D eigenvalue weighted by Gasteiger charge is 2.38. The highest BCUT2D eigenvalue weighted by atomic mass is 16.7. The first kappa shape index (κ1) is 22.4. The lowest BCUT2D eigenvalue weighted by molar-refractivity contribution is -0.287. The minimum atomic E-state index is -0.812. The minimum Gasteiger partial charge on any atom is -0.481 e. The van der Waals surface area contributed by atoms with E-state index in [1.54, 1.807) is 0 Å². The first-order valence-corrected chi connectivity index (χ1v) is 9.73. The van der Waals surface area contributed by atoms with Crippen molar-refractivity contribution in [3.05, 3.63) is 0 Å². The van der Waals surface area contributed by atoms with Crippen molar-refractivity contribution in [2.75, 3.05) is 13.2 Å². The summed E-state index contributed by atoms with van der Waals surface area (Å²) < 4.78 is 24.0. The Morgan fingerprint density at radius 3 is 2.32 bits per heavy atom. The summed E-state index contributed by atoms with van der Waals surface area (Å²) >= 11 is 0. The fraction of sp³-hybridized carbons (Fsp3) is 0.947. The van der Waals surface area contributed by atoms with Gasteiger partial charge >= 0.3 is 5.97 Å². The SMILES string of the molecule is CCCCO[C@H]1C[C@@H](OCCCC)C(C)O[C@H]1O[C@H](C)CCC(=O)O. The summed E-state index contributed by atoms with van der Waals surface area (Å²) in [6.45, 7) is 9.55. The molecule has 5 atom stereocenters. The van der Waals surface area contributed by atoms with E-state index in [-0.39, 0.29) is 30.8 Å². The molecule has 1 N–H and O–H groups in total. The Labute approximate surface area is 152 Å². The molecule has 1 aliphatic rings. The number of hydrogen-bond donors (Lipinski definition) is 1. The van der Waals surface area contributed by atoms with Crippen LogP contribution in [0, 0.1) is 0 Å². The molecule has 0 spiro atoms. The second-order valence-electron chi connectivity index (χ2n) is 6.85. The highest BCUT2D eigenvalue weighted by molar-refractivity contribution is 5.66. The molecule has 0 radical (unpaired) electrons. The lowest BCUT2D eigenvalue weighted by atomic mass is 10.0. The summed E-state index contributed by atoms with van der Waals surface area (Å²) in [5.74, 6) is -0.812. The van der Waals surface area contributed by atoms with Crippen molar-refractivity contribution in [2.24, 2.45) is 0 Å². The number of carboxylic acid groups (broad SMARTS) is 1. The summed E-state index contributed by atoms with van der Waals surface area (Å²) in [6, 6.07) is 0. The molecule has 1 rings (SSSR count). The molecular formula is C19H36O6. The lowest BCUT2D eigenvalue weighted by Gasteiger charge is -2.40. The van der Waals surface area contributed by atoms with Gasteiger partial charge in [-0.05, 0) is 33.1 Å². The number of carboxylic acids is 1. The molecule has 0 aromatic rings. The Hall–Kier alpha value is -0.690. The van der Waals surface area contributed by atoms with E-state index in [1.807, 2.05) is 13.8 Å². The van der Waals surface area contributed by atoms with Gasteiger partial charge in [-0.1, -0.05) is 26.7 Å². The molecule has 0 amide bonds. The monoisotopic (exact) mass is 360 g/mol. The van der Waals surface area contributed by atoms with Gasteiger partial charge in [0.25, 0.3) is 0 Å². The Morgan fingerprint density at radius 2 is 1.76 bits per heavy atom. The first-order chi connectivity index (χ1) is 12.0. The topological polar surface area (TPSA) is 74.2 Å². The van der Waals surface area contributed by atoms with Gasteiger partial charge in [0.1, 0.15) is 6.10 Å². The minimum absolute atomic E-state index is 0.00681. The van der Waals surface area contributed by atoms with Crippen molar-refractivity contribution in [1.82, 2.24) is 0 Å². The first-order valence-electron chi connectivity index (χ1n) is 9.73. The van der Waals surface area contributed by atoms with Crippen molar-refractivity contribution in [3.63, 3.8) is 0 Å². The summed E-state index contributed by atoms with van der Waals surface area (Å²) in [5.41, 5.74) is 0. The Kier molecular flexibility index (Phi) is 11.3. The number of carbonyl (C=O) groups is 1. The third kappa shape index (κ3) is 8.99. The molecule has 0 aromatic carbocycles. The van der Waals surface area contributed by atoms with Crippen molar-refractivity contribution in [3.8, 4) is 0 Å². The van der Waals surface area contributed by atoms with Crippen LogP contribution in [0.25, 0.3) is 0 Å². The number of hydrogen-bond acceptors (Lipinski definition) is 5. The van der Waals surface area contributed by atoms with Crippen molar-refractivity contribution >= 4 is 5.97 Å². The third-order valence-electron chi connectivity index (χ3n) is 4.43. The van der Waals surface area contributed by atoms with E-state index in [4.69, 9.17) is 24.1 Å². The fourth-order valence-electron chi connectivity index (χ4n) is 2.77. The van der Waals surface area contributed by atoms with Crippen LogP contribution in [0.1, 0.15) is 72.6 Å². The van der Waals surface area contributed by atoms with Crippen LogP contribution in [0.15, 0.2) is 0 Å². The Morgan fingerprint density at radius 1 is 1.16 bits per heavy atom. The molecule has 0 bridgehead atoms. The highest BCUT2D eigenvalue weighted by Crippen LogP contribution is 2.27. The van der Waals surface area contributed by atoms with Crippen LogP contribution in [-0.4, -0.2) is 55.0 Å². The largest absolute Gasteiger partial charge is 0.481 e. The molecule has 0 aromatic heterocycles. The molecule has 1 aliphatic heterocycles. The molecule has 6 heteroatoms. The summed E-state index contributed by atoms with van der Waals surface area (Å²) in [7, 11) is 0. The average molecular weight is 360 g/mol. The summed E-state index contributed by atoms with van der Waals surface area (Å²) in [6.07, 6.45) is 4.59. The van der Waals surface area contributed by atoms with E-state index < -0.39 is 12.3 Å². The van der Waals surface area contributed by atoms with Gasteiger partial charge in [0.05, 0.1) is 18.3 Å². The van der Waals surface area contributed by atoms with Gasteiger partial charge in [-0.2, -0.15) is 0 Å². The number of ether oxygens (including phenoxy) is 4. The van der Waals surface area contributed by atoms with Gasteiger partial charge in [-0.25, -0.2) is 0 Å². The zero-order valence-corrected chi connectivity index (χ0v) is 16.2. The van der Waals surface area contributed by atoms with Crippen LogP contribution in [0.4, 0.5) is 0 Å². The van der Waals surface area contributed by atoms with E-state index in [2.05, 4.69) is 13.8 Å². The predicted octanol–water partition coefficient (Wildman–Crippen LogP) is 3.76. The summed E-state index contributed by atoms with van der Waals surface area (Å²) in [5, 5.41) is 8.81. The van der Waals surface area contributed by atoms with Crippen molar-refractivity contribution in [2.45, 2.75) is 103 Å². The molecule has 25 heavy (non-hydrogen) atoms. The van der Waals surface area contributed by atoms with Crippen LogP contribution in [0.2, 0.25) is 0 Å². The quantitative estimate of drug-likeness (QED) is 0.504. The van der Waals surface area contributed by atoms with Gasteiger partial charge in [0.2, 0.25) is 0 Å². The molecule has 1 fully saturated rings. The smallest absolute Gasteiger partial charge is 0.303 e. The zero-order valence-electron chi connectivity index (χ0n) is 16.2. The molecule has 148 valence electrons. The second-order valence-corrected chi connectivity index (χ2v) is 6.85. The standard InChI is InChI=1S/C19H36O6/c1-5-7-11-22-16-13-17(23-12-8-6-2)19(25-15(16)4)24-14(3)9-10-18(20)21/h14-17,19H,5-13H2,1-4H3,(H,20,21)/t14-,15?,16-,17+,19-/m1/s1. The molecule has 6 nitrogen and oxygen atoms in total. The van der Waals surface area contributed by atoms with Crippen molar-refractivity contribution < 1.29 is 28.8 Å². The van der Waals surface area contributed by atoms with Gasteiger partial charge < -0.3 is 24.1 Å². The third-order valence-corrected chi connectivity index (χ3v) is 4.43. The van der Waals surface area contributed by atoms with E-state index in [1.165, 1.54) is 0 Å². The van der Waals surface area contributed by atoms with Crippen molar-refractivity contribution in [1.29, 1.82) is 0 Å². The van der Waals surface area contributed by atoms with Crippen LogP contribution < -0.4 is 0 Å². The second kappa shape index (κ2) is 12.6. The van der Waals surface area contributed by atoms with Gasteiger partial charge in [-0.3, -0.25) is 4.79 Å². The Balaban J connectivity index is 2.58. The molecule has 0 aliphatic carbocycles. The molecule has 1 unspecified atom stereocenters. The molecule has 0 saturated carbocycles. The maximum Gasteiger partial charge on any atom is 0.303 e. The van der Waals surface area contributed by atoms with E-state index >= 15 is 0 Å². The molecular weight excluding hydrogens is 324 g/mol. The lowest BCUT2D eigenvalue weighted by Crippen LogP contribution is -2.50. The van der Waals surface area contributed by atoms with Crippen LogP contribution >= 0.6 is 0 Å². The van der Waals surface area contributed by atoms with Gasteiger partial charge in [0, 0.05) is 26.1 Å². The molecule has 1 heterocycles. The van der Waals surface area contributed by atoms with Gasteiger partial charge in [0.15, 0.2) is 6.29 Å². The van der Waals surface area contributed by atoms with E-state index in [0.29, 0.717) is 13.0 Å². The fourth-order valence-corrected chi connectivity index (χ4v) is 2.77. The Bertz CT molecular complexity index is 362. The van der Waals surface area contributed by atoms with Crippen LogP contribution in [-0.2, 0) is 23.7 Å². The zero-order chi connectivity index (χ0) is 18.7. The van der Waals surface area contributed by atoms with Crippen LogP contribution in [0.5, 0.6) is 0 Å². The predicted molar refractivity (Wildman–Crippen MR) is 95.7 cm³/mol. The maximum absolute atomic E-state index is 10.7. The number of rotatable bonds is 13. The summed E-state index contributed by atoms with van der Waals surface area (Å²) in [4.78, 5) is 10.7. The van der Waals surface area contributed by atoms with Gasteiger partial charge in [-0.15, -0.1) is 0 Å². The normalized spacial score (nSPS) is 28.0. The maximum atomic E-state index is 10.7.